The number of rotatable bonds is 4. The van der Waals surface area contributed by atoms with E-state index in [0.717, 1.165) is 32.1 Å². The van der Waals surface area contributed by atoms with Crippen LogP contribution in [0.4, 0.5) is 0 Å². The Morgan fingerprint density at radius 3 is 2.38 bits per heavy atom. The molecular weight excluding hydrogens is 346 g/mol. The van der Waals surface area contributed by atoms with Gasteiger partial charge in [-0.15, -0.1) is 0 Å². The van der Waals surface area contributed by atoms with E-state index in [9.17, 15) is 14.9 Å². The van der Waals surface area contributed by atoms with Crippen molar-refractivity contribution in [2.75, 3.05) is 20.3 Å². The van der Waals surface area contributed by atoms with E-state index < -0.39 is 27.0 Å². The first-order valence-corrected chi connectivity index (χ1v) is 7.99. The van der Waals surface area contributed by atoms with Crippen LogP contribution in [0.5, 0.6) is 0 Å². The van der Waals surface area contributed by atoms with Crippen LogP contribution in [-0.4, -0.2) is 47.4 Å². The van der Waals surface area contributed by atoms with Crippen LogP contribution < -0.4 is 0 Å². The summed E-state index contributed by atoms with van der Waals surface area (Å²) in [5.41, 5.74) is -1.41. The van der Waals surface area contributed by atoms with Gasteiger partial charge in [-0.3, -0.25) is 14.9 Å². The van der Waals surface area contributed by atoms with Crippen LogP contribution in [0.2, 0.25) is 0 Å². The summed E-state index contributed by atoms with van der Waals surface area (Å²) < 4.78 is 16.1. The average Bonchev–Trinajstić information content (AvgIpc) is 2.49. The average molecular weight is 366 g/mol. The summed E-state index contributed by atoms with van der Waals surface area (Å²) in [6, 6.07) is 0. The van der Waals surface area contributed by atoms with Gasteiger partial charge in [-0.05, 0) is 12.8 Å². The van der Waals surface area contributed by atoms with Crippen molar-refractivity contribution in [2.45, 2.75) is 54.7 Å². The number of ether oxygens (including phenoxy) is 3. The molecule has 1 unspecified atom stereocenters. The van der Waals surface area contributed by atoms with E-state index in [1.165, 1.54) is 7.11 Å². The maximum Gasteiger partial charge on any atom is 0.319 e. The van der Waals surface area contributed by atoms with Gasteiger partial charge >= 0.3 is 5.97 Å². The van der Waals surface area contributed by atoms with Gasteiger partial charge in [-0.2, -0.15) is 0 Å². The molecule has 0 bridgehead atoms. The molecule has 0 amide bonds. The van der Waals surface area contributed by atoms with Crippen LogP contribution in [0.3, 0.4) is 0 Å². The fraction of sp³-hybridized carbons (Fsp3) is 0.923. The Balaban J connectivity index is 2.04. The van der Waals surface area contributed by atoms with Crippen molar-refractivity contribution in [1.82, 2.24) is 0 Å². The summed E-state index contributed by atoms with van der Waals surface area (Å²) in [6.07, 6.45) is 4.68. The summed E-state index contributed by atoms with van der Waals surface area (Å²) in [7, 11) is 1.25. The van der Waals surface area contributed by atoms with Crippen molar-refractivity contribution in [1.29, 1.82) is 0 Å². The van der Waals surface area contributed by atoms with E-state index in [1.807, 2.05) is 0 Å². The number of nitrogens with zero attached hydrogens (tertiary/aromatic N) is 1. The standard InChI is InChI=1S/C13H20BrNO6/c1-19-11(16)10(14)7-12(15(17)18)8-20-13(21-9-12)5-3-2-4-6-13/h10H,2-9H2,1H3. The maximum atomic E-state index is 11.5. The van der Waals surface area contributed by atoms with Crippen LogP contribution in [0.25, 0.3) is 0 Å². The number of nitro groups is 1. The fourth-order valence-electron chi connectivity index (χ4n) is 2.84. The van der Waals surface area contributed by atoms with Crippen LogP contribution in [0, 0.1) is 10.1 Å². The van der Waals surface area contributed by atoms with Gasteiger partial charge in [0.2, 0.25) is 0 Å². The van der Waals surface area contributed by atoms with Gasteiger partial charge in [0.1, 0.15) is 18.0 Å². The molecule has 1 aliphatic heterocycles. The molecule has 1 saturated heterocycles. The maximum absolute atomic E-state index is 11.5. The normalized spacial score (nSPS) is 25.2. The number of esters is 1. The molecule has 1 heterocycles. The Morgan fingerprint density at radius 2 is 1.90 bits per heavy atom. The number of methoxy groups -OCH3 is 1. The highest BCUT2D eigenvalue weighted by molar-refractivity contribution is 9.10. The number of halogens is 1. The van der Waals surface area contributed by atoms with Crippen molar-refractivity contribution < 1.29 is 23.9 Å². The van der Waals surface area contributed by atoms with Gasteiger partial charge in [-0.1, -0.05) is 22.4 Å². The fourth-order valence-corrected chi connectivity index (χ4v) is 3.63. The van der Waals surface area contributed by atoms with E-state index >= 15 is 0 Å². The smallest absolute Gasteiger partial charge is 0.319 e. The van der Waals surface area contributed by atoms with E-state index in [2.05, 4.69) is 20.7 Å². The van der Waals surface area contributed by atoms with Gasteiger partial charge < -0.3 is 14.2 Å². The molecule has 2 rings (SSSR count). The SMILES string of the molecule is COC(=O)C(Br)CC1([N+](=O)[O-])COC2(CCCCC2)OC1. The van der Waals surface area contributed by atoms with Crippen molar-refractivity contribution in [3.05, 3.63) is 10.1 Å². The zero-order valence-electron chi connectivity index (χ0n) is 12.0. The van der Waals surface area contributed by atoms with Crippen molar-refractivity contribution in [3.63, 3.8) is 0 Å². The first-order chi connectivity index (χ1) is 9.93. The third kappa shape index (κ3) is 3.54. The number of carbonyl (C=O) groups is 1. The minimum absolute atomic E-state index is 0.0250. The van der Waals surface area contributed by atoms with E-state index in [1.54, 1.807) is 0 Å². The lowest BCUT2D eigenvalue weighted by Crippen LogP contribution is -2.59. The lowest BCUT2D eigenvalue weighted by Gasteiger charge is -2.44. The summed E-state index contributed by atoms with van der Waals surface area (Å²) in [6.45, 7) is -0.0851. The molecule has 0 aromatic heterocycles. The molecule has 1 atom stereocenters. The highest BCUT2D eigenvalue weighted by atomic mass is 79.9. The molecular formula is C13H20BrNO6. The summed E-state index contributed by atoms with van der Waals surface area (Å²) in [5.74, 6) is -1.20. The Bertz CT molecular complexity index is 399. The lowest BCUT2D eigenvalue weighted by atomic mass is 9.90. The topological polar surface area (TPSA) is 87.9 Å². The van der Waals surface area contributed by atoms with E-state index in [-0.39, 0.29) is 19.6 Å². The molecule has 1 aliphatic carbocycles. The molecule has 2 fully saturated rings. The zero-order valence-corrected chi connectivity index (χ0v) is 13.6. The van der Waals surface area contributed by atoms with Gasteiger partial charge in [0, 0.05) is 24.2 Å². The van der Waals surface area contributed by atoms with Crippen LogP contribution in [0.15, 0.2) is 0 Å². The molecule has 7 nitrogen and oxygen atoms in total. The molecule has 0 N–H and O–H groups in total. The minimum atomic E-state index is -1.41. The van der Waals surface area contributed by atoms with Gasteiger partial charge in [0.25, 0.3) is 5.54 Å². The first-order valence-electron chi connectivity index (χ1n) is 7.07. The van der Waals surface area contributed by atoms with Crippen molar-refractivity contribution in [2.24, 2.45) is 0 Å². The molecule has 8 heteroatoms. The third-order valence-electron chi connectivity index (χ3n) is 4.23. The number of carbonyl (C=O) groups excluding carboxylic acids is 1. The second-order valence-electron chi connectivity index (χ2n) is 5.72. The van der Waals surface area contributed by atoms with E-state index in [0.29, 0.717) is 0 Å². The third-order valence-corrected chi connectivity index (χ3v) is 4.92. The summed E-state index contributed by atoms with van der Waals surface area (Å²) in [4.78, 5) is 21.8. The monoisotopic (exact) mass is 365 g/mol. The quantitative estimate of drug-likeness (QED) is 0.327. The van der Waals surface area contributed by atoms with Crippen LogP contribution >= 0.6 is 15.9 Å². The number of hydrogen-bond donors (Lipinski definition) is 0. The predicted octanol–water partition coefficient (Wildman–Crippen LogP) is 2.04. The Labute approximate surface area is 131 Å². The van der Waals surface area contributed by atoms with Gasteiger partial charge in [0.15, 0.2) is 5.79 Å². The summed E-state index contributed by atoms with van der Waals surface area (Å²) >= 11 is 3.14. The second-order valence-corrected chi connectivity index (χ2v) is 6.83. The highest BCUT2D eigenvalue weighted by Gasteiger charge is 2.54. The van der Waals surface area contributed by atoms with Crippen molar-refractivity contribution >= 4 is 21.9 Å². The Morgan fingerprint density at radius 1 is 1.33 bits per heavy atom. The molecule has 1 spiro atoms. The molecule has 2 aliphatic rings. The number of alkyl halides is 1. The molecule has 21 heavy (non-hydrogen) atoms. The molecule has 0 aromatic rings. The lowest BCUT2D eigenvalue weighted by molar-refractivity contribution is -0.598. The largest absolute Gasteiger partial charge is 0.468 e. The molecule has 1 saturated carbocycles. The molecule has 0 radical (unpaired) electrons. The van der Waals surface area contributed by atoms with Crippen LogP contribution in [0.1, 0.15) is 38.5 Å². The van der Waals surface area contributed by atoms with Gasteiger partial charge in [-0.25, -0.2) is 0 Å². The first kappa shape index (κ1) is 16.6. The second kappa shape index (κ2) is 6.58. The zero-order chi connectivity index (χ0) is 15.5. The Kier molecular flexibility index (Phi) is 5.21. The van der Waals surface area contributed by atoms with Crippen LogP contribution in [-0.2, 0) is 19.0 Å². The Hall–Kier alpha value is -0.730. The van der Waals surface area contributed by atoms with Crippen molar-refractivity contribution in [3.8, 4) is 0 Å². The highest BCUT2D eigenvalue weighted by Crippen LogP contribution is 2.39. The van der Waals surface area contributed by atoms with E-state index in [4.69, 9.17) is 9.47 Å². The summed E-state index contributed by atoms with van der Waals surface area (Å²) in [5, 5.41) is 11.5. The predicted molar refractivity (Wildman–Crippen MR) is 76.8 cm³/mol. The number of hydrogen-bond acceptors (Lipinski definition) is 6. The molecule has 0 aromatic carbocycles. The molecule has 120 valence electrons. The minimum Gasteiger partial charge on any atom is -0.468 e. The van der Waals surface area contributed by atoms with Gasteiger partial charge in [0.05, 0.1) is 7.11 Å².